The molecule has 0 amide bonds. The van der Waals surface area contributed by atoms with Gasteiger partial charge in [0, 0.05) is 0 Å². The number of rotatable bonds is 1. The van der Waals surface area contributed by atoms with Crippen LogP contribution >= 0.6 is 0 Å². The van der Waals surface area contributed by atoms with Crippen molar-refractivity contribution >= 4 is 21.7 Å². The van der Waals surface area contributed by atoms with E-state index in [1.54, 1.807) is 0 Å². The predicted molar refractivity (Wildman–Crippen MR) is 40.6 cm³/mol. The fourth-order valence-corrected chi connectivity index (χ4v) is 1.09. The van der Waals surface area contributed by atoms with E-state index < -0.39 is 0 Å². The van der Waals surface area contributed by atoms with Crippen molar-refractivity contribution in [2.45, 2.75) is 11.5 Å². The summed E-state index contributed by atoms with van der Waals surface area (Å²) in [6, 6.07) is 8.68. The Hall–Kier alpha value is 0.276. The van der Waals surface area contributed by atoms with E-state index in [0.29, 0.717) is 0 Å². The van der Waals surface area contributed by atoms with Crippen LogP contribution in [0.15, 0.2) is 24.3 Å². The van der Waals surface area contributed by atoms with Gasteiger partial charge < -0.3 is 12.4 Å². The van der Waals surface area contributed by atoms with Gasteiger partial charge in [-0.15, -0.1) is 0 Å². The first-order valence-electron chi connectivity index (χ1n) is 3.17. The summed E-state index contributed by atoms with van der Waals surface area (Å²) in [6.07, 6.45) is 0. The SMILES string of the molecule is Cc1ccc([CH2][Mg+])cc1.[Cl-]. The predicted octanol–water partition coefficient (Wildman–Crippen LogP) is -1.33. The number of halogens is 1. The van der Waals surface area contributed by atoms with Crippen LogP contribution < -0.4 is 12.4 Å². The number of aryl methyl sites for hydroxylation is 1. The van der Waals surface area contributed by atoms with Crippen LogP contribution in [0.4, 0.5) is 0 Å². The van der Waals surface area contributed by atoms with Gasteiger partial charge in [0.05, 0.1) is 0 Å². The Morgan fingerprint density at radius 2 is 1.70 bits per heavy atom. The molecule has 2 heteroatoms. The fourth-order valence-electron chi connectivity index (χ4n) is 0.755. The summed E-state index contributed by atoms with van der Waals surface area (Å²) in [5.41, 5.74) is 2.77. The van der Waals surface area contributed by atoms with E-state index in [2.05, 4.69) is 31.2 Å². The molecule has 1 aromatic rings. The van der Waals surface area contributed by atoms with Crippen LogP contribution in [0.3, 0.4) is 0 Å². The molecule has 0 aromatic heterocycles. The molecule has 0 aliphatic heterocycles. The summed E-state index contributed by atoms with van der Waals surface area (Å²) < 4.78 is 1.17. The topological polar surface area (TPSA) is 0 Å². The van der Waals surface area contributed by atoms with Crippen molar-refractivity contribution in [2.75, 3.05) is 0 Å². The molecule has 0 aliphatic carbocycles. The minimum Gasteiger partial charge on any atom is -1.00 e. The summed E-state index contributed by atoms with van der Waals surface area (Å²) in [5.74, 6) is 0. The Kier molecular flexibility index (Phi) is 5.14. The third-order valence-electron chi connectivity index (χ3n) is 1.41. The van der Waals surface area contributed by atoms with Crippen molar-refractivity contribution in [3.63, 3.8) is 0 Å². The molecule has 0 radical (unpaired) electrons. The van der Waals surface area contributed by atoms with Gasteiger partial charge in [-0.1, -0.05) is 0 Å². The third kappa shape index (κ3) is 2.91. The minimum absolute atomic E-state index is 0. The molecule has 1 rings (SSSR count). The van der Waals surface area contributed by atoms with Crippen LogP contribution in [-0.4, -0.2) is 21.7 Å². The summed E-state index contributed by atoms with van der Waals surface area (Å²) in [7, 11) is 0. The van der Waals surface area contributed by atoms with Crippen molar-refractivity contribution in [3.05, 3.63) is 35.4 Å². The van der Waals surface area contributed by atoms with Crippen LogP contribution in [-0.2, 0) is 4.55 Å². The summed E-state index contributed by atoms with van der Waals surface area (Å²) >= 11 is 1.99. The second-order valence-corrected chi connectivity index (χ2v) is 2.74. The first kappa shape index (κ1) is 10.3. The van der Waals surface area contributed by atoms with Crippen LogP contribution in [0, 0.1) is 6.92 Å². The Labute approximate surface area is 80.9 Å². The van der Waals surface area contributed by atoms with E-state index in [4.69, 9.17) is 0 Å². The quantitative estimate of drug-likeness (QED) is 0.452. The van der Waals surface area contributed by atoms with Crippen molar-refractivity contribution < 1.29 is 12.4 Å². The van der Waals surface area contributed by atoms with Gasteiger partial charge in [0.1, 0.15) is 0 Å². The molecule has 0 fully saturated rings. The Morgan fingerprint density at radius 1 is 1.20 bits per heavy atom. The molecular formula is C8H9ClMg. The zero-order valence-corrected chi connectivity index (χ0v) is 8.27. The van der Waals surface area contributed by atoms with E-state index in [1.807, 2.05) is 21.7 Å². The molecule has 0 saturated heterocycles. The van der Waals surface area contributed by atoms with Crippen LogP contribution in [0.2, 0.25) is 0 Å². The zero-order chi connectivity index (χ0) is 6.69. The molecule has 0 spiro atoms. The minimum atomic E-state index is 0. The van der Waals surface area contributed by atoms with Gasteiger partial charge in [0.15, 0.2) is 0 Å². The van der Waals surface area contributed by atoms with E-state index in [1.165, 1.54) is 15.7 Å². The van der Waals surface area contributed by atoms with Crippen LogP contribution in [0.25, 0.3) is 0 Å². The second kappa shape index (κ2) is 5.00. The molecule has 0 N–H and O–H groups in total. The maximum atomic E-state index is 2.18. The van der Waals surface area contributed by atoms with E-state index in [-0.39, 0.29) is 12.4 Å². The molecule has 0 atom stereocenters. The first-order chi connectivity index (χ1) is 4.33. The van der Waals surface area contributed by atoms with E-state index in [0.717, 1.165) is 0 Å². The summed E-state index contributed by atoms with van der Waals surface area (Å²) in [4.78, 5) is 0. The van der Waals surface area contributed by atoms with Gasteiger partial charge in [0.25, 0.3) is 0 Å². The largest absolute Gasteiger partial charge is 1.00 e. The molecule has 0 unspecified atom stereocenters. The Balaban J connectivity index is 0.000000810. The monoisotopic (exact) mass is 164 g/mol. The fraction of sp³-hybridized carbons (Fsp3) is 0.250. The maximum Gasteiger partial charge on any atom is -1.00 e. The summed E-state index contributed by atoms with van der Waals surface area (Å²) in [6.45, 7) is 2.11. The molecular weight excluding hydrogens is 156 g/mol. The molecule has 0 bridgehead atoms. The van der Waals surface area contributed by atoms with Crippen molar-refractivity contribution in [2.24, 2.45) is 0 Å². The van der Waals surface area contributed by atoms with Crippen LogP contribution in [0.5, 0.6) is 0 Å². The van der Waals surface area contributed by atoms with Crippen molar-refractivity contribution in [3.8, 4) is 0 Å². The van der Waals surface area contributed by atoms with Gasteiger partial charge >= 0.3 is 68.6 Å². The smallest absolute Gasteiger partial charge is 1.00 e. The van der Waals surface area contributed by atoms with Gasteiger partial charge in [-0.3, -0.25) is 0 Å². The Morgan fingerprint density at radius 3 is 2.10 bits per heavy atom. The van der Waals surface area contributed by atoms with Crippen LogP contribution in [0.1, 0.15) is 11.1 Å². The number of hydrogen-bond donors (Lipinski definition) is 0. The molecule has 1 aromatic carbocycles. The Bertz CT molecular complexity index is 181. The molecule has 0 aliphatic rings. The molecule has 50 valence electrons. The number of benzene rings is 1. The van der Waals surface area contributed by atoms with Crippen molar-refractivity contribution in [1.82, 2.24) is 0 Å². The average molecular weight is 165 g/mol. The standard InChI is InChI=1S/C8H9.ClH.Mg/c1-7-3-5-8(2)6-4-7;;/h3-6H,1H2,2H3;1H;/q;;+1/p-1. The molecule has 0 heterocycles. The maximum absolute atomic E-state index is 2.18. The zero-order valence-electron chi connectivity index (χ0n) is 6.10. The van der Waals surface area contributed by atoms with Gasteiger partial charge in [-0.2, -0.15) is 0 Å². The van der Waals surface area contributed by atoms with Gasteiger partial charge in [0.2, 0.25) is 0 Å². The summed E-state index contributed by atoms with van der Waals surface area (Å²) in [5, 5.41) is 0. The second-order valence-electron chi connectivity index (χ2n) is 2.24. The third-order valence-corrected chi connectivity index (χ3v) is 1.99. The molecule has 10 heavy (non-hydrogen) atoms. The van der Waals surface area contributed by atoms with Gasteiger partial charge in [-0.05, 0) is 0 Å². The normalized spacial score (nSPS) is 8.70. The average Bonchev–Trinajstić information content (AvgIpc) is 1.90. The van der Waals surface area contributed by atoms with E-state index in [9.17, 15) is 0 Å². The van der Waals surface area contributed by atoms with Gasteiger partial charge in [-0.25, -0.2) is 0 Å². The van der Waals surface area contributed by atoms with E-state index >= 15 is 0 Å². The number of hydrogen-bond acceptors (Lipinski definition) is 0. The first-order valence-corrected chi connectivity index (χ1v) is 4.17. The van der Waals surface area contributed by atoms with Crippen molar-refractivity contribution in [1.29, 1.82) is 0 Å². The molecule has 0 nitrogen and oxygen atoms in total. The molecule has 0 saturated carbocycles.